The van der Waals surface area contributed by atoms with Crippen LogP contribution in [0.3, 0.4) is 0 Å². The zero-order valence-electron chi connectivity index (χ0n) is 19.2. The number of hydrogen-bond donors (Lipinski definition) is 2. The molecule has 0 aliphatic heterocycles. The normalized spacial score (nSPS) is 19.6. The number of nitrogens with one attached hydrogen (secondary N) is 1. The molecular weight excluding hydrogens is 463 g/mol. The summed E-state index contributed by atoms with van der Waals surface area (Å²) >= 11 is 5.52. The average molecular weight is 492 g/mol. The van der Waals surface area contributed by atoms with Crippen molar-refractivity contribution in [1.82, 2.24) is 0 Å². The van der Waals surface area contributed by atoms with Crippen LogP contribution in [-0.2, 0) is 11.0 Å². The monoisotopic (exact) mass is 491 g/mol. The fourth-order valence-corrected chi connectivity index (χ4v) is 4.93. The first kappa shape index (κ1) is 24.5. The van der Waals surface area contributed by atoms with E-state index in [2.05, 4.69) is 5.32 Å². The van der Waals surface area contributed by atoms with Crippen molar-refractivity contribution >= 4 is 28.9 Å². The van der Waals surface area contributed by atoms with Crippen LogP contribution in [-0.4, -0.2) is 22.7 Å². The molecule has 2 aliphatic rings. The van der Waals surface area contributed by atoms with E-state index >= 15 is 0 Å². The zero-order chi connectivity index (χ0) is 24.6. The van der Waals surface area contributed by atoms with Crippen LogP contribution in [0.25, 0.3) is 0 Å². The largest absolute Gasteiger partial charge is 0.494 e. The van der Waals surface area contributed by atoms with Crippen molar-refractivity contribution in [1.29, 1.82) is 0 Å². The van der Waals surface area contributed by atoms with Gasteiger partial charge in [-0.2, -0.15) is 13.2 Å². The Hall–Kier alpha value is -2.61. The third-order valence-electron chi connectivity index (χ3n) is 6.59. The molecule has 2 atom stereocenters. The highest BCUT2D eigenvalue weighted by Gasteiger charge is 2.45. The Labute approximate surface area is 202 Å². The third-order valence-corrected chi connectivity index (χ3v) is 6.89. The van der Waals surface area contributed by atoms with Gasteiger partial charge in [-0.3, -0.25) is 4.79 Å². The highest BCUT2D eigenvalue weighted by molar-refractivity contribution is 7.81. The molecule has 2 saturated carbocycles. The number of carboxylic acids is 1. The molecule has 0 aromatic heterocycles. The van der Waals surface area contributed by atoms with Crippen LogP contribution in [0.1, 0.15) is 65.8 Å². The minimum absolute atomic E-state index is 0.162. The summed E-state index contributed by atoms with van der Waals surface area (Å²) in [7, 11) is 0. The van der Waals surface area contributed by atoms with Gasteiger partial charge in [0.05, 0.1) is 23.8 Å². The predicted molar refractivity (Wildman–Crippen MR) is 129 cm³/mol. The zero-order valence-corrected chi connectivity index (χ0v) is 20.0. The Kier molecular flexibility index (Phi) is 6.90. The Bertz CT molecular complexity index is 1090. The van der Waals surface area contributed by atoms with Crippen LogP contribution in [0, 0.1) is 25.7 Å². The molecule has 2 fully saturated rings. The van der Waals surface area contributed by atoms with Gasteiger partial charge in [0.1, 0.15) is 10.7 Å². The molecule has 2 N–H and O–H groups in total. The lowest BCUT2D eigenvalue weighted by atomic mass is 10.0. The number of aliphatic carboxylic acids is 1. The molecule has 34 heavy (non-hydrogen) atoms. The maximum Gasteiger partial charge on any atom is 0.418 e. The first-order valence-electron chi connectivity index (χ1n) is 11.5. The number of benzene rings is 2. The molecule has 182 valence electrons. The summed E-state index contributed by atoms with van der Waals surface area (Å²) < 4.78 is 46.9. The number of carbonyl (C=O) groups is 1. The van der Waals surface area contributed by atoms with Crippen molar-refractivity contribution < 1.29 is 27.8 Å². The van der Waals surface area contributed by atoms with Crippen molar-refractivity contribution in [2.24, 2.45) is 11.8 Å². The summed E-state index contributed by atoms with van der Waals surface area (Å²) in [4.78, 5) is 11.4. The van der Waals surface area contributed by atoms with E-state index in [9.17, 15) is 23.1 Å². The average Bonchev–Trinajstić information content (AvgIpc) is 3.64. The van der Waals surface area contributed by atoms with Crippen LogP contribution < -0.4 is 10.1 Å². The summed E-state index contributed by atoms with van der Waals surface area (Å²) in [5, 5.41) is 12.0. The van der Waals surface area contributed by atoms with Crippen molar-refractivity contribution in [3.63, 3.8) is 0 Å². The topological polar surface area (TPSA) is 58.6 Å². The van der Waals surface area contributed by atoms with Gasteiger partial charge in [-0.1, -0.05) is 31.1 Å². The summed E-state index contributed by atoms with van der Waals surface area (Å²) in [6, 6.07) is 7.45. The Morgan fingerprint density at radius 2 is 1.85 bits per heavy atom. The van der Waals surface area contributed by atoms with Crippen LogP contribution >= 0.6 is 12.2 Å². The number of hydrogen-bond acceptors (Lipinski definition) is 3. The van der Waals surface area contributed by atoms with Crippen molar-refractivity contribution in [3.05, 3.63) is 58.1 Å². The molecule has 0 bridgehead atoms. The number of thiocarbonyl (C=S) groups is 1. The summed E-state index contributed by atoms with van der Waals surface area (Å²) in [6.45, 7) is 4.35. The number of rotatable bonds is 9. The maximum absolute atomic E-state index is 13.7. The molecular formula is C26H28F3NO3S. The fourth-order valence-electron chi connectivity index (χ4n) is 4.50. The quantitative estimate of drug-likeness (QED) is 0.296. The van der Waals surface area contributed by atoms with Gasteiger partial charge in [0, 0.05) is 5.56 Å². The number of carboxylic acid groups (broad SMARTS) is 1. The summed E-state index contributed by atoms with van der Waals surface area (Å²) in [5.74, 6) is -0.195. The van der Waals surface area contributed by atoms with E-state index in [1.54, 1.807) is 0 Å². The SMILES string of the molecule is Cc1cc(OCCCC2CC2)cc(C)c1C(=S)Nc1cc(C2C[C@H]2C(=O)O)ccc1C(F)(F)F. The lowest BCUT2D eigenvalue weighted by Crippen LogP contribution is -2.18. The van der Waals surface area contributed by atoms with Crippen LogP contribution in [0.4, 0.5) is 18.9 Å². The molecule has 0 spiro atoms. The predicted octanol–water partition coefficient (Wildman–Crippen LogP) is 6.87. The lowest BCUT2D eigenvalue weighted by molar-refractivity contribution is -0.139. The summed E-state index contributed by atoms with van der Waals surface area (Å²) in [5.41, 5.74) is 1.85. The molecule has 8 heteroatoms. The van der Waals surface area contributed by atoms with Gasteiger partial charge in [0.15, 0.2) is 0 Å². The second-order valence-electron chi connectivity index (χ2n) is 9.41. The molecule has 4 nitrogen and oxygen atoms in total. The molecule has 0 saturated heterocycles. The van der Waals surface area contributed by atoms with Gasteiger partial charge in [-0.15, -0.1) is 0 Å². The second kappa shape index (κ2) is 9.56. The van der Waals surface area contributed by atoms with E-state index < -0.39 is 23.6 Å². The van der Waals surface area contributed by atoms with E-state index in [0.717, 1.165) is 35.3 Å². The second-order valence-corrected chi connectivity index (χ2v) is 9.82. The minimum atomic E-state index is -4.57. The lowest BCUT2D eigenvalue weighted by Gasteiger charge is -2.19. The molecule has 0 amide bonds. The van der Waals surface area contributed by atoms with Gasteiger partial charge < -0.3 is 15.2 Å². The van der Waals surface area contributed by atoms with E-state index in [-0.39, 0.29) is 16.6 Å². The van der Waals surface area contributed by atoms with Crippen LogP contribution in [0.15, 0.2) is 30.3 Å². The molecule has 1 unspecified atom stereocenters. The van der Waals surface area contributed by atoms with E-state index in [1.807, 2.05) is 26.0 Å². The first-order chi connectivity index (χ1) is 16.0. The van der Waals surface area contributed by atoms with E-state index in [4.69, 9.17) is 17.0 Å². The van der Waals surface area contributed by atoms with Gasteiger partial charge in [-0.05, 0) is 85.9 Å². The van der Waals surface area contributed by atoms with Gasteiger partial charge >= 0.3 is 12.1 Å². The highest BCUT2D eigenvalue weighted by Crippen LogP contribution is 2.49. The molecule has 0 heterocycles. The number of halogens is 3. The third kappa shape index (κ3) is 5.71. The number of aryl methyl sites for hydroxylation is 2. The number of ether oxygens (including phenoxy) is 1. The molecule has 4 rings (SSSR count). The van der Waals surface area contributed by atoms with E-state index in [1.165, 1.54) is 31.4 Å². The Morgan fingerprint density at radius 1 is 1.18 bits per heavy atom. The van der Waals surface area contributed by atoms with Crippen molar-refractivity contribution in [2.45, 2.75) is 58.0 Å². The smallest absolute Gasteiger partial charge is 0.418 e. The highest BCUT2D eigenvalue weighted by atomic mass is 32.1. The number of alkyl halides is 3. The summed E-state index contributed by atoms with van der Waals surface area (Å²) in [6.07, 6.45) is 0.664. The van der Waals surface area contributed by atoms with Crippen LogP contribution in [0.2, 0.25) is 0 Å². The molecule has 2 aromatic rings. The fraction of sp³-hybridized carbons (Fsp3) is 0.462. The van der Waals surface area contributed by atoms with E-state index in [0.29, 0.717) is 24.2 Å². The van der Waals surface area contributed by atoms with Crippen molar-refractivity contribution in [3.8, 4) is 5.75 Å². The Balaban J connectivity index is 1.52. The van der Waals surface area contributed by atoms with Gasteiger partial charge in [0.25, 0.3) is 0 Å². The maximum atomic E-state index is 13.7. The van der Waals surface area contributed by atoms with Gasteiger partial charge in [-0.25, -0.2) is 0 Å². The number of anilines is 1. The minimum Gasteiger partial charge on any atom is -0.494 e. The Morgan fingerprint density at radius 3 is 2.41 bits per heavy atom. The van der Waals surface area contributed by atoms with Gasteiger partial charge in [0.2, 0.25) is 0 Å². The van der Waals surface area contributed by atoms with Crippen molar-refractivity contribution in [2.75, 3.05) is 11.9 Å². The van der Waals surface area contributed by atoms with Crippen LogP contribution in [0.5, 0.6) is 5.75 Å². The molecule has 0 radical (unpaired) electrons. The molecule has 2 aromatic carbocycles. The first-order valence-corrected chi connectivity index (χ1v) is 11.9. The standard InChI is InChI=1S/C26H28F3NO3S/c1-14-10-18(33-9-3-4-16-5-6-16)11-15(2)23(14)24(34)30-22-12-17(19-13-20(19)25(31)32)7-8-21(22)26(27,28)29/h7-8,10-12,16,19-20H,3-6,9,13H2,1-2H3,(H,30,34)(H,31,32)/t19?,20-/m1/s1. The molecule has 2 aliphatic carbocycles.